The highest BCUT2D eigenvalue weighted by Crippen LogP contribution is 2.36. The Hall–Kier alpha value is -2.06. The van der Waals surface area contributed by atoms with Gasteiger partial charge in [-0.3, -0.25) is 0 Å². The van der Waals surface area contributed by atoms with Crippen LogP contribution < -0.4 is 0 Å². The predicted molar refractivity (Wildman–Crippen MR) is 66.7 cm³/mol. The third kappa shape index (κ3) is 1.63. The number of aliphatic hydroxyl groups excluding tert-OH is 1. The Morgan fingerprint density at radius 1 is 0.824 bits per heavy atom. The highest BCUT2D eigenvalue weighted by Gasteiger charge is 2.15. The van der Waals surface area contributed by atoms with Crippen molar-refractivity contribution in [3.8, 4) is 22.3 Å². The fourth-order valence-corrected chi connectivity index (χ4v) is 2.12. The molecule has 2 heteroatoms. The van der Waals surface area contributed by atoms with E-state index in [0.29, 0.717) is 5.76 Å². The molecule has 0 atom stereocenters. The van der Waals surface area contributed by atoms with E-state index in [4.69, 9.17) is 4.42 Å². The minimum Gasteiger partial charge on any atom is -0.466 e. The Balaban J connectivity index is 2.23. The molecule has 84 valence electrons. The predicted octanol–water partition coefficient (Wildman–Crippen LogP) is 3.54. The SMILES string of the molecule is OCc1occ(-c2ccccc2)c2cccc1-2. The van der Waals surface area contributed by atoms with E-state index in [1.165, 1.54) is 0 Å². The zero-order valence-corrected chi connectivity index (χ0v) is 9.26. The monoisotopic (exact) mass is 224 g/mol. The van der Waals surface area contributed by atoms with Gasteiger partial charge in [-0.05, 0) is 11.1 Å². The molecule has 0 fully saturated rings. The molecule has 0 radical (unpaired) electrons. The van der Waals surface area contributed by atoms with Crippen LogP contribution in [0, 0.1) is 0 Å². The van der Waals surface area contributed by atoms with Crippen LogP contribution >= 0.6 is 0 Å². The van der Waals surface area contributed by atoms with Crippen molar-refractivity contribution >= 4 is 0 Å². The zero-order chi connectivity index (χ0) is 11.7. The lowest BCUT2D eigenvalue weighted by atomic mass is 9.99. The van der Waals surface area contributed by atoms with E-state index >= 15 is 0 Å². The molecule has 3 rings (SSSR count). The van der Waals surface area contributed by atoms with Gasteiger partial charge in [0.05, 0.1) is 6.26 Å². The summed E-state index contributed by atoms with van der Waals surface area (Å²) in [5.74, 6) is 0.615. The molecular weight excluding hydrogens is 212 g/mol. The lowest BCUT2D eigenvalue weighted by molar-refractivity contribution is 0.245. The normalized spacial score (nSPS) is 10.9. The van der Waals surface area contributed by atoms with E-state index < -0.39 is 0 Å². The van der Waals surface area contributed by atoms with Gasteiger partial charge in [-0.1, -0.05) is 48.5 Å². The van der Waals surface area contributed by atoms with Gasteiger partial charge in [0, 0.05) is 11.1 Å². The summed E-state index contributed by atoms with van der Waals surface area (Å²) >= 11 is 0. The molecule has 0 saturated carbocycles. The fraction of sp³-hybridized carbons (Fsp3) is 0.0667. The van der Waals surface area contributed by atoms with Gasteiger partial charge < -0.3 is 9.52 Å². The topological polar surface area (TPSA) is 33.4 Å². The van der Waals surface area contributed by atoms with Crippen LogP contribution in [0.25, 0.3) is 22.3 Å². The first-order valence-electron chi connectivity index (χ1n) is 5.55. The first-order valence-corrected chi connectivity index (χ1v) is 5.55. The van der Waals surface area contributed by atoms with Crippen LogP contribution in [0.3, 0.4) is 0 Å². The molecule has 0 bridgehead atoms. The van der Waals surface area contributed by atoms with Gasteiger partial charge in [0.25, 0.3) is 0 Å². The first-order chi connectivity index (χ1) is 8.40. The molecule has 17 heavy (non-hydrogen) atoms. The summed E-state index contributed by atoms with van der Waals surface area (Å²) in [5.41, 5.74) is 4.28. The molecule has 0 amide bonds. The van der Waals surface area contributed by atoms with E-state index in [9.17, 15) is 5.11 Å². The summed E-state index contributed by atoms with van der Waals surface area (Å²) < 4.78 is 5.48. The van der Waals surface area contributed by atoms with Crippen molar-refractivity contribution in [3.05, 3.63) is 60.6 Å². The van der Waals surface area contributed by atoms with Crippen molar-refractivity contribution < 1.29 is 9.52 Å². The maximum atomic E-state index is 9.22. The smallest absolute Gasteiger partial charge is 0.136 e. The molecule has 1 aliphatic carbocycles. The van der Waals surface area contributed by atoms with Crippen molar-refractivity contribution in [2.75, 3.05) is 0 Å². The summed E-state index contributed by atoms with van der Waals surface area (Å²) in [6.07, 6.45) is 1.71. The zero-order valence-electron chi connectivity index (χ0n) is 9.26. The standard InChI is InChI=1S/C15H12O2/c16-9-15-13-8-4-7-12(13)14(10-17-15)11-5-2-1-3-6-11/h1-8,10,16H,9H2. The van der Waals surface area contributed by atoms with Crippen LogP contribution in [-0.4, -0.2) is 5.11 Å². The molecule has 0 spiro atoms. The molecule has 0 saturated heterocycles. The quantitative estimate of drug-likeness (QED) is 0.722. The summed E-state index contributed by atoms with van der Waals surface area (Å²) in [7, 11) is 0. The van der Waals surface area contributed by atoms with Gasteiger partial charge in [0.15, 0.2) is 0 Å². The molecule has 0 unspecified atom stereocenters. The number of hydrogen-bond acceptors (Lipinski definition) is 2. The van der Waals surface area contributed by atoms with E-state index in [1.54, 1.807) is 6.26 Å². The van der Waals surface area contributed by atoms with Crippen LogP contribution in [0.5, 0.6) is 0 Å². The van der Waals surface area contributed by atoms with Crippen LogP contribution in [0.15, 0.2) is 59.2 Å². The van der Waals surface area contributed by atoms with Crippen LogP contribution in [0.2, 0.25) is 0 Å². The molecule has 1 heterocycles. The first kappa shape index (κ1) is 10.1. The maximum Gasteiger partial charge on any atom is 0.136 e. The second kappa shape index (κ2) is 4.07. The molecule has 1 aliphatic heterocycles. The second-order valence-electron chi connectivity index (χ2n) is 3.95. The van der Waals surface area contributed by atoms with Gasteiger partial charge in [-0.15, -0.1) is 0 Å². The summed E-state index contributed by atoms with van der Waals surface area (Å²) in [5, 5.41) is 9.22. The number of benzene rings is 1. The van der Waals surface area contributed by atoms with Crippen LogP contribution in [0.4, 0.5) is 0 Å². The largest absolute Gasteiger partial charge is 0.466 e. The second-order valence-corrected chi connectivity index (χ2v) is 3.95. The number of rotatable bonds is 2. The minimum atomic E-state index is -0.0738. The molecule has 2 aliphatic rings. The number of hydrogen-bond donors (Lipinski definition) is 1. The van der Waals surface area contributed by atoms with Gasteiger partial charge in [0.2, 0.25) is 0 Å². The summed E-state index contributed by atoms with van der Waals surface area (Å²) in [6, 6.07) is 16.1. The molecule has 1 aromatic rings. The van der Waals surface area contributed by atoms with E-state index in [1.807, 2.05) is 36.4 Å². The molecule has 2 nitrogen and oxygen atoms in total. The lowest BCUT2D eigenvalue weighted by Gasteiger charge is -2.10. The Morgan fingerprint density at radius 3 is 2.35 bits per heavy atom. The van der Waals surface area contributed by atoms with Crippen LogP contribution in [-0.2, 0) is 6.61 Å². The highest BCUT2D eigenvalue weighted by molar-refractivity contribution is 5.85. The van der Waals surface area contributed by atoms with Crippen LogP contribution in [0.1, 0.15) is 5.76 Å². The van der Waals surface area contributed by atoms with Gasteiger partial charge in [-0.25, -0.2) is 0 Å². The fourth-order valence-electron chi connectivity index (χ4n) is 2.12. The summed E-state index contributed by atoms with van der Waals surface area (Å²) in [6.45, 7) is -0.0738. The van der Waals surface area contributed by atoms with E-state index in [-0.39, 0.29) is 6.61 Å². The molecule has 1 N–H and O–H groups in total. The average Bonchev–Trinajstić information content (AvgIpc) is 2.88. The van der Waals surface area contributed by atoms with Gasteiger partial charge in [-0.2, -0.15) is 0 Å². The lowest BCUT2D eigenvalue weighted by Crippen LogP contribution is -1.90. The highest BCUT2D eigenvalue weighted by atomic mass is 16.4. The van der Waals surface area contributed by atoms with Crippen molar-refractivity contribution in [2.45, 2.75) is 6.61 Å². The van der Waals surface area contributed by atoms with Gasteiger partial charge in [0.1, 0.15) is 12.4 Å². The van der Waals surface area contributed by atoms with Crippen molar-refractivity contribution in [2.24, 2.45) is 0 Å². The number of fused-ring (bicyclic) bond motifs is 1. The molecule has 0 aromatic heterocycles. The Kier molecular flexibility index (Phi) is 2.42. The van der Waals surface area contributed by atoms with Crippen molar-refractivity contribution in [1.82, 2.24) is 0 Å². The Morgan fingerprint density at radius 2 is 1.59 bits per heavy atom. The minimum absolute atomic E-state index is 0.0738. The third-order valence-electron chi connectivity index (χ3n) is 2.95. The molecule has 1 aromatic carbocycles. The van der Waals surface area contributed by atoms with E-state index in [2.05, 4.69) is 12.1 Å². The summed E-state index contributed by atoms with van der Waals surface area (Å²) in [4.78, 5) is 0. The Labute approximate surface area is 99.5 Å². The van der Waals surface area contributed by atoms with Crippen molar-refractivity contribution in [3.63, 3.8) is 0 Å². The van der Waals surface area contributed by atoms with Crippen molar-refractivity contribution in [1.29, 1.82) is 0 Å². The van der Waals surface area contributed by atoms with Gasteiger partial charge >= 0.3 is 0 Å². The third-order valence-corrected chi connectivity index (χ3v) is 2.95. The Bertz CT molecular complexity index is 596. The molecular formula is C15H12O2. The maximum absolute atomic E-state index is 9.22. The number of aliphatic hydroxyl groups is 1. The average molecular weight is 224 g/mol. The van der Waals surface area contributed by atoms with E-state index in [0.717, 1.165) is 22.3 Å².